The van der Waals surface area contributed by atoms with Gasteiger partial charge in [-0.25, -0.2) is 17.9 Å². The Morgan fingerprint density at radius 1 is 1.08 bits per heavy atom. The second kappa shape index (κ2) is 6.72. The van der Waals surface area contributed by atoms with Crippen LogP contribution in [0, 0.1) is 0 Å². The molecular formula is C17H25N3O3S. The van der Waals surface area contributed by atoms with Crippen LogP contribution in [0.4, 0.5) is 10.5 Å². The van der Waals surface area contributed by atoms with Crippen molar-refractivity contribution in [3.63, 3.8) is 0 Å². The summed E-state index contributed by atoms with van der Waals surface area (Å²) in [5.41, 5.74) is 5.86. The van der Waals surface area contributed by atoms with Gasteiger partial charge in [0.2, 0.25) is 10.0 Å². The van der Waals surface area contributed by atoms with Gasteiger partial charge in [0.1, 0.15) is 0 Å². The predicted octanol–water partition coefficient (Wildman–Crippen LogP) is 1.68. The summed E-state index contributed by atoms with van der Waals surface area (Å²) in [5, 5.41) is 2.84. The Morgan fingerprint density at radius 3 is 2.21 bits per heavy atom. The van der Waals surface area contributed by atoms with Gasteiger partial charge in [0, 0.05) is 12.2 Å². The average molecular weight is 351 g/mol. The second-order valence-electron chi connectivity index (χ2n) is 6.91. The van der Waals surface area contributed by atoms with Gasteiger partial charge >= 0.3 is 6.03 Å². The molecule has 3 rings (SSSR count). The van der Waals surface area contributed by atoms with Gasteiger partial charge in [-0.2, -0.15) is 0 Å². The quantitative estimate of drug-likeness (QED) is 0.846. The maximum absolute atomic E-state index is 12.3. The Labute approximate surface area is 143 Å². The first kappa shape index (κ1) is 17.2. The fourth-order valence-electron chi connectivity index (χ4n) is 3.60. The zero-order valence-electron chi connectivity index (χ0n) is 14.3. The number of aryl methyl sites for hydroxylation is 2. The summed E-state index contributed by atoms with van der Waals surface area (Å²) in [4.78, 5) is 14.0. The SMILES string of the molecule is CN(C)CCS(=O)(=O)NC(=O)Nc1c2c(cc3c1CCC3)CCC2. The topological polar surface area (TPSA) is 78.5 Å². The van der Waals surface area contributed by atoms with Gasteiger partial charge in [0.05, 0.1) is 5.75 Å². The van der Waals surface area contributed by atoms with Crippen molar-refractivity contribution in [2.75, 3.05) is 31.7 Å². The molecule has 0 aliphatic heterocycles. The van der Waals surface area contributed by atoms with Gasteiger partial charge in [-0.3, -0.25) is 0 Å². The highest BCUT2D eigenvalue weighted by atomic mass is 32.2. The van der Waals surface area contributed by atoms with E-state index < -0.39 is 16.1 Å². The number of benzene rings is 1. The summed E-state index contributed by atoms with van der Waals surface area (Å²) in [6.45, 7) is 0.374. The number of rotatable bonds is 5. The maximum Gasteiger partial charge on any atom is 0.332 e. The molecule has 0 saturated heterocycles. The number of hydrogen-bond acceptors (Lipinski definition) is 4. The fraction of sp³-hybridized carbons (Fsp3) is 0.588. The van der Waals surface area contributed by atoms with E-state index in [2.05, 4.69) is 16.1 Å². The molecule has 1 aromatic rings. The van der Waals surface area contributed by atoms with E-state index in [-0.39, 0.29) is 5.75 Å². The molecule has 0 bridgehead atoms. The lowest BCUT2D eigenvalue weighted by atomic mass is 9.99. The molecule has 24 heavy (non-hydrogen) atoms. The smallest absolute Gasteiger partial charge is 0.308 e. The highest BCUT2D eigenvalue weighted by molar-refractivity contribution is 7.90. The number of hydrogen-bond donors (Lipinski definition) is 2. The van der Waals surface area contributed by atoms with Gasteiger partial charge < -0.3 is 10.2 Å². The first-order chi connectivity index (χ1) is 11.4. The number of amides is 2. The van der Waals surface area contributed by atoms with Gasteiger partial charge in [0.25, 0.3) is 0 Å². The average Bonchev–Trinajstić information content (AvgIpc) is 3.13. The first-order valence-electron chi connectivity index (χ1n) is 8.48. The van der Waals surface area contributed by atoms with E-state index in [4.69, 9.17) is 0 Å². The van der Waals surface area contributed by atoms with Crippen molar-refractivity contribution in [3.8, 4) is 0 Å². The number of carbonyl (C=O) groups excluding carboxylic acids is 1. The Hall–Kier alpha value is -1.60. The van der Waals surface area contributed by atoms with Crippen molar-refractivity contribution in [1.29, 1.82) is 0 Å². The Morgan fingerprint density at radius 2 is 1.67 bits per heavy atom. The van der Waals surface area contributed by atoms with Crippen LogP contribution >= 0.6 is 0 Å². The zero-order valence-corrected chi connectivity index (χ0v) is 15.1. The van der Waals surface area contributed by atoms with Gasteiger partial charge in [-0.1, -0.05) is 6.07 Å². The molecule has 0 unspecified atom stereocenters. The molecule has 0 fully saturated rings. The van der Waals surface area contributed by atoms with E-state index in [1.54, 1.807) is 19.0 Å². The Kier molecular flexibility index (Phi) is 4.83. The summed E-state index contributed by atoms with van der Waals surface area (Å²) in [6, 6.07) is 1.63. The van der Waals surface area contributed by atoms with E-state index in [1.807, 2.05) is 0 Å². The molecule has 0 atom stereocenters. The third-order valence-electron chi connectivity index (χ3n) is 4.77. The Balaban J connectivity index is 1.76. The lowest BCUT2D eigenvalue weighted by Gasteiger charge is -2.17. The minimum atomic E-state index is -3.63. The molecule has 0 radical (unpaired) electrons. The first-order valence-corrected chi connectivity index (χ1v) is 10.1. The number of urea groups is 1. The van der Waals surface area contributed by atoms with E-state index in [0.717, 1.165) is 44.2 Å². The molecular weight excluding hydrogens is 326 g/mol. The lowest BCUT2D eigenvalue weighted by molar-refractivity contribution is 0.256. The van der Waals surface area contributed by atoms with Gasteiger partial charge in [-0.15, -0.1) is 0 Å². The van der Waals surface area contributed by atoms with Crippen LogP contribution in [0.15, 0.2) is 6.07 Å². The Bertz CT molecular complexity index is 725. The monoisotopic (exact) mass is 351 g/mol. The summed E-state index contributed by atoms with van der Waals surface area (Å²) in [7, 11) is -0.0323. The van der Waals surface area contributed by atoms with Crippen LogP contribution in [0.1, 0.15) is 35.1 Å². The lowest BCUT2D eigenvalue weighted by Crippen LogP contribution is -2.38. The van der Waals surface area contributed by atoms with Crippen LogP contribution in [0.5, 0.6) is 0 Å². The van der Waals surface area contributed by atoms with E-state index in [0.29, 0.717) is 6.54 Å². The second-order valence-corrected chi connectivity index (χ2v) is 8.75. The van der Waals surface area contributed by atoms with Crippen LogP contribution in [-0.4, -0.2) is 45.7 Å². The van der Waals surface area contributed by atoms with Gasteiger partial charge in [0.15, 0.2) is 0 Å². The molecule has 0 saturated carbocycles. The molecule has 7 heteroatoms. The molecule has 2 aliphatic carbocycles. The fourth-order valence-corrected chi connectivity index (χ4v) is 4.64. The van der Waals surface area contributed by atoms with E-state index in [1.165, 1.54) is 22.3 Å². The number of carbonyl (C=O) groups is 1. The minimum absolute atomic E-state index is 0.0988. The molecule has 2 N–H and O–H groups in total. The van der Waals surface area contributed by atoms with Crippen LogP contribution in [-0.2, 0) is 35.7 Å². The molecule has 0 heterocycles. The van der Waals surface area contributed by atoms with Crippen LogP contribution in [0.3, 0.4) is 0 Å². The van der Waals surface area contributed by atoms with E-state index in [9.17, 15) is 13.2 Å². The van der Waals surface area contributed by atoms with Crippen LogP contribution in [0.2, 0.25) is 0 Å². The summed E-state index contributed by atoms with van der Waals surface area (Å²) < 4.78 is 26.1. The molecule has 2 amide bonds. The molecule has 2 aliphatic rings. The van der Waals surface area contributed by atoms with Crippen molar-refractivity contribution in [2.45, 2.75) is 38.5 Å². The van der Waals surface area contributed by atoms with Crippen molar-refractivity contribution >= 4 is 21.7 Å². The minimum Gasteiger partial charge on any atom is -0.308 e. The summed E-state index contributed by atoms with van der Waals surface area (Å²) >= 11 is 0. The number of anilines is 1. The van der Waals surface area contributed by atoms with E-state index >= 15 is 0 Å². The van der Waals surface area contributed by atoms with Crippen molar-refractivity contribution < 1.29 is 13.2 Å². The van der Waals surface area contributed by atoms with Crippen LogP contribution < -0.4 is 10.0 Å². The largest absolute Gasteiger partial charge is 0.332 e. The molecule has 0 spiro atoms. The molecule has 132 valence electrons. The molecule has 0 aromatic heterocycles. The third-order valence-corrected chi connectivity index (χ3v) is 5.98. The van der Waals surface area contributed by atoms with Crippen LogP contribution in [0.25, 0.3) is 0 Å². The summed E-state index contributed by atoms with van der Waals surface area (Å²) in [6.07, 6.45) is 6.17. The summed E-state index contributed by atoms with van der Waals surface area (Å²) in [5.74, 6) is -0.0988. The number of nitrogens with one attached hydrogen (secondary N) is 2. The van der Waals surface area contributed by atoms with Crippen molar-refractivity contribution in [2.24, 2.45) is 0 Å². The maximum atomic E-state index is 12.3. The van der Waals surface area contributed by atoms with Gasteiger partial charge in [-0.05, 0) is 74.9 Å². The molecule has 1 aromatic carbocycles. The third kappa shape index (κ3) is 3.72. The predicted molar refractivity (Wildman–Crippen MR) is 95.0 cm³/mol. The number of sulfonamides is 1. The van der Waals surface area contributed by atoms with Crippen molar-refractivity contribution in [1.82, 2.24) is 9.62 Å². The zero-order chi connectivity index (χ0) is 17.3. The number of fused-ring (bicyclic) bond motifs is 2. The normalized spacial score (nSPS) is 16.1. The highest BCUT2D eigenvalue weighted by Gasteiger charge is 2.25. The number of nitrogens with zero attached hydrogens (tertiary/aromatic N) is 1. The highest BCUT2D eigenvalue weighted by Crippen LogP contribution is 2.38. The standard InChI is InChI=1S/C17H25N3O3S/c1-20(2)9-10-24(22,23)19-17(21)18-16-14-7-3-5-12(14)11-13-6-4-8-15(13)16/h11H,3-10H2,1-2H3,(H2,18,19,21). The van der Waals surface area contributed by atoms with Crippen molar-refractivity contribution in [3.05, 3.63) is 28.3 Å². The molecule has 6 nitrogen and oxygen atoms in total.